The molecule has 23 heavy (non-hydrogen) atoms. The molecular weight excluding hydrogens is 319 g/mol. The van der Waals surface area contributed by atoms with E-state index >= 15 is 0 Å². The van der Waals surface area contributed by atoms with E-state index in [1.165, 1.54) is 0 Å². The van der Waals surface area contributed by atoms with Gasteiger partial charge in [0.25, 0.3) is 0 Å². The van der Waals surface area contributed by atoms with Crippen molar-refractivity contribution < 1.29 is 28.3 Å². The zero-order valence-electron chi connectivity index (χ0n) is 13.6. The molecule has 0 aliphatic carbocycles. The second-order valence-electron chi connectivity index (χ2n) is 5.33. The third-order valence-corrected chi connectivity index (χ3v) is 6.00. The van der Waals surface area contributed by atoms with Crippen molar-refractivity contribution in [2.24, 2.45) is 0 Å². The Bertz CT molecular complexity index is 563. The Morgan fingerprint density at radius 3 is 2.17 bits per heavy atom. The smallest absolute Gasteiger partial charge is 0.344 e. The highest BCUT2D eigenvalue weighted by Crippen LogP contribution is 2.56. The summed E-state index contributed by atoms with van der Waals surface area (Å²) in [6, 6.07) is 8.79. The van der Waals surface area contributed by atoms with Crippen LogP contribution in [0.25, 0.3) is 0 Å². The molecule has 6 nitrogen and oxygen atoms in total. The summed E-state index contributed by atoms with van der Waals surface area (Å²) in [4.78, 5) is 23.3. The minimum Gasteiger partial charge on any atom is -0.481 e. The molecule has 0 saturated heterocycles. The Morgan fingerprint density at radius 1 is 1.26 bits per heavy atom. The van der Waals surface area contributed by atoms with E-state index in [0.717, 1.165) is 0 Å². The minimum atomic E-state index is -3.87. The molecule has 7 heteroatoms. The number of hydrogen-bond acceptors (Lipinski definition) is 5. The van der Waals surface area contributed by atoms with Gasteiger partial charge in [0.2, 0.25) is 0 Å². The third-order valence-electron chi connectivity index (χ3n) is 3.60. The summed E-state index contributed by atoms with van der Waals surface area (Å²) in [7, 11) is -3.87. The molecule has 0 aliphatic heterocycles. The number of benzene rings is 1. The molecule has 0 spiro atoms. The first kappa shape index (κ1) is 19.6. The first-order chi connectivity index (χ1) is 10.8. The summed E-state index contributed by atoms with van der Waals surface area (Å²) in [5.41, 5.74) is -1.87. The maximum absolute atomic E-state index is 12.8. The van der Waals surface area contributed by atoms with Gasteiger partial charge in [-0.05, 0) is 32.8 Å². The molecule has 0 fully saturated rings. The number of carbonyl (C=O) groups is 2. The Morgan fingerprint density at radius 2 is 1.78 bits per heavy atom. The summed E-state index contributed by atoms with van der Waals surface area (Å²) in [6.45, 7) is 4.96. The van der Waals surface area contributed by atoms with Crippen molar-refractivity contribution in [3.8, 4) is 0 Å². The van der Waals surface area contributed by atoms with Crippen LogP contribution in [0, 0.1) is 0 Å². The van der Waals surface area contributed by atoms with Gasteiger partial charge in [-0.1, -0.05) is 30.3 Å². The number of carboxylic acids is 1. The molecule has 0 radical (unpaired) electrons. The standard InChI is InChI=1S/C16H23O6P/c1-4-21-23(20,22-5-2)14(15(18)19)11-16(3,12-17)13-9-7-6-8-10-13/h6-10,12,14H,4-5,11H2,1-3H3,(H,18,19). The average molecular weight is 342 g/mol. The van der Waals surface area contributed by atoms with Crippen LogP contribution in [0.1, 0.15) is 32.8 Å². The zero-order chi connectivity index (χ0) is 17.5. The molecular formula is C16H23O6P. The van der Waals surface area contributed by atoms with Gasteiger partial charge in [-0.25, -0.2) is 0 Å². The molecule has 1 N–H and O–H groups in total. The lowest BCUT2D eigenvalue weighted by Crippen LogP contribution is -2.34. The van der Waals surface area contributed by atoms with E-state index in [0.29, 0.717) is 11.8 Å². The molecule has 1 rings (SSSR count). The zero-order valence-corrected chi connectivity index (χ0v) is 14.5. The summed E-state index contributed by atoms with van der Waals surface area (Å²) in [6.07, 6.45) is 0.508. The van der Waals surface area contributed by atoms with Crippen LogP contribution >= 0.6 is 7.60 Å². The van der Waals surface area contributed by atoms with Crippen LogP contribution in [0.4, 0.5) is 0 Å². The van der Waals surface area contributed by atoms with Gasteiger partial charge >= 0.3 is 13.6 Å². The Hall–Kier alpha value is -1.49. The molecule has 0 amide bonds. The summed E-state index contributed by atoms with van der Waals surface area (Å²) in [5, 5.41) is 9.52. The van der Waals surface area contributed by atoms with E-state index in [1.807, 2.05) is 0 Å². The number of hydrogen-bond donors (Lipinski definition) is 1. The van der Waals surface area contributed by atoms with Gasteiger partial charge in [-0.2, -0.15) is 0 Å². The fraction of sp³-hybridized carbons (Fsp3) is 0.500. The summed E-state index contributed by atoms with van der Waals surface area (Å²) < 4.78 is 23.2. The third kappa shape index (κ3) is 4.74. The molecule has 2 atom stereocenters. The van der Waals surface area contributed by atoms with Crippen LogP contribution in [0.5, 0.6) is 0 Å². The SMILES string of the molecule is CCOP(=O)(OCC)C(CC(C)(C=O)c1ccccc1)C(=O)O. The Labute approximate surface area is 136 Å². The summed E-state index contributed by atoms with van der Waals surface area (Å²) >= 11 is 0. The largest absolute Gasteiger partial charge is 0.481 e. The number of carbonyl (C=O) groups excluding carboxylic acids is 1. The highest BCUT2D eigenvalue weighted by atomic mass is 31.2. The van der Waals surface area contributed by atoms with Crippen molar-refractivity contribution in [1.82, 2.24) is 0 Å². The molecule has 1 aromatic rings. The van der Waals surface area contributed by atoms with Crippen LogP contribution in [0.15, 0.2) is 30.3 Å². The van der Waals surface area contributed by atoms with Crippen molar-refractivity contribution in [3.63, 3.8) is 0 Å². The van der Waals surface area contributed by atoms with Gasteiger partial charge in [-0.15, -0.1) is 0 Å². The van der Waals surface area contributed by atoms with Crippen molar-refractivity contribution in [1.29, 1.82) is 0 Å². The maximum atomic E-state index is 12.8. The number of aliphatic carboxylic acids is 1. The normalized spacial score (nSPS) is 15.6. The van der Waals surface area contributed by atoms with E-state index in [4.69, 9.17) is 9.05 Å². The first-order valence-electron chi connectivity index (χ1n) is 7.46. The lowest BCUT2D eigenvalue weighted by molar-refractivity contribution is -0.137. The second kappa shape index (κ2) is 8.39. The molecule has 128 valence electrons. The van der Waals surface area contributed by atoms with E-state index < -0.39 is 24.6 Å². The van der Waals surface area contributed by atoms with Crippen LogP contribution < -0.4 is 0 Å². The monoisotopic (exact) mass is 342 g/mol. The van der Waals surface area contributed by atoms with Crippen LogP contribution in [0.2, 0.25) is 0 Å². The van der Waals surface area contributed by atoms with E-state index in [2.05, 4.69) is 0 Å². The molecule has 0 aliphatic rings. The molecule has 0 bridgehead atoms. The van der Waals surface area contributed by atoms with Gasteiger partial charge in [0, 0.05) is 5.41 Å². The van der Waals surface area contributed by atoms with Crippen molar-refractivity contribution >= 4 is 19.9 Å². The topological polar surface area (TPSA) is 89.9 Å². The van der Waals surface area contributed by atoms with Crippen LogP contribution in [-0.4, -0.2) is 36.2 Å². The lowest BCUT2D eigenvalue weighted by Gasteiger charge is -2.30. The van der Waals surface area contributed by atoms with Crippen LogP contribution in [-0.2, 0) is 28.6 Å². The number of rotatable bonds is 10. The molecule has 1 aromatic carbocycles. The molecule has 0 aromatic heterocycles. The van der Waals surface area contributed by atoms with Gasteiger partial charge in [-0.3, -0.25) is 9.36 Å². The Balaban J connectivity index is 3.22. The number of carboxylic acid groups (broad SMARTS) is 1. The fourth-order valence-corrected chi connectivity index (χ4v) is 4.39. The highest BCUT2D eigenvalue weighted by Gasteiger charge is 2.46. The molecule has 2 unspecified atom stereocenters. The highest BCUT2D eigenvalue weighted by molar-refractivity contribution is 7.55. The minimum absolute atomic E-state index is 0.0597. The summed E-state index contributed by atoms with van der Waals surface area (Å²) in [5.74, 6) is -1.31. The van der Waals surface area contributed by atoms with Crippen molar-refractivity contribution in [3.05, 3.63) is 35.9 Å². The molecule has 0 heterocycles. The Kier molecular flexibility index (Phi) is 7.13. The fourth-order valence-electron chi connectivity index (χ4n) is 2.37. The van der Waals surface area contributed by atoms with E-state index in [1.54, 1.807) is 51.1 Å². The van der Waals surface area contributed by atoms with E-state index in [-0.39, 0.29) is 19.6 Å². The van der Waals surface area contributed by atoms with E-state index in [9.17, 15) is 19.3 Å². The van der Waals surface area contributed by atoms with Gasteiger partial charge in [0.15, 0.2) is 5.66 Å². The van der Waals surface area contributed by atoms with Crippen molar-refractivity contribution in [2.75, 3.05) is 13.2 Å². The first-order valence-corrected chi connectivity index (χ1v) is 9.07. The van der Waals surface area contributed by atoms with Gasteiger partial charge < -0.3 is 18.9 Å². The quantitative estimate of drug-likeness (QED) is 0.518. The predicted molar refractivity (Wildman–Crippen MR) is 86.8 cm³/mol. The number of aldehydes is 1. The second-order valence-corrected chi connectivity index (χ2v) is 7.55. The van der Waals surface area contributed by atoms with Crippen LogP contribution in [0.3, 0.4) is 0 Å². The van der Waals surface area contributed by atoms with Crippen molar-refractivity contribution in [2.45, 2.75) is 38.3 Å². The van der Waals surface area contributed by atoms with Gasteiger partial charge in [0.1, 0.15) is 6.29 Å². The lowest BCUT2D eigenvalue weighted by atomic mass is 9.80. The maximum Gasteiger partial charge on any atom is 0.344 e. The van der Waals surface area contributed by atoms with Gasteiger partial charge in [0.05, 0.1) is 13.2 Å². The predicted octanol–water partition coefficient (Wildman–Crippen LogP) is 3.25. The average Bonchev–Trinajstić information content (AvgIpc) is 2.53. The molecule has 0 saturated carbocycles.